The zero-order valence-corrected chi connectivity index (χ0v) is 20.9. The van der Waals surface area contributed by atoms with Gasteiger partial charge in [0.2, 0.25) is 17.7 Å². The SMILES string of the molecule is CC(C)CC(NC(=O)C(Cc1ccccc1)NC(=O)C(C)NC(=O)C(N)Cc1ccccc1)C(=O)O. The summed E-state index contributed by atoms with van der Waals surface area (Å²) in [6.45, 7) is 5.22. The number of amides is 3. The topological polar surface area (TPSA) is 151 Å². The van der Waals surface area contributed by atoms with E-state index in [-0.39, 0.29) is 18.8 Å². The van der Waals surface area contributed by atoms with E-state index in [1.54, 1.807) is 0 Å². The summed E-state index contributed by atoms with van der Waals surface area (Å²) in [6.07, 6.45) is 0.714. The van der Waals surface area contributed by atoms with Crippen LogP contribution in [0.4, 0.5) is 0 Å². The van der Waals surface area contributed by atoms with Crippen molar-refractivity contribution >= 4 is 23.7 Å². The van der Waals surface area contributed by atoms with Crippen LogP contribution in [0.5, 0.6) is 0 Å². The average molecular weight is 497 g/mol. The second kappa shape index (κ2) is 14.0. The molecule has 0 bridgehead atoms. The lowest BCUT2D eigenvalue weighted by Crippen LogP contribution is -2.57. The summed E-state index contributed by atoms with van der Waals surface area (Å²) in [5.74, 6) is -2.78. The van der Waals surface area contributed by atoms with Gasteiger partial charge in [0.25, 0.3) is 0 Å². The van der Waals surface area contributed by atoms with Crippen LogP contribution >= 0.6 is 0 Å². The van der Waals surface area contributed by atoms with Gasteiger partial charge in [-0.25, -0.2) is 4.79 Å². The Morgan fingerprint density at radius 1 is 0.722 bits per heavy atom. The minimum Gasteiger partial charge on any atom is -0.480 e. The quantitative estimate of drug-likeness (QED) is 0.283. The van der Waals surface area contributed by atoms with Crippen molar-refractivity contribution in [2.45, 2.75) is 64.2 Å². The molecule has 0 heterocycles. The third-order valence-corrected chi connectivity index (χ3v) is 5.62. The maximum atomic E-state index is 13.0. The predicted octanol–water partition coefficient (Wildman–Crippen LogP) is 1.40. The Bertz CT molecular complexity index is 1010. The molecule has 9 nitrogen and oxygen atoms in total. The number of carboxylic acid groups (broad SMARTS) is 1. The van der Waals surface area contributed by atoms with E-state index in [2.05, 4.69) is 16.0 Å². The lowest BCUT2D eigenvalue weighted by Gasteiger charge is -2.24. The second-order valence-corrected chi connectivity index (χ2v) is 9.31. The number of carbonyl (C=O) groups is 4. The maximum Gasteiger partial charge on any atom is 0.326 e. The standard InChI is InChI=1S/C27H36N4O5/c1-17(2)14-23(27(35)36)31-26(34)22(16-20-12-8-5-9-13-20)30-24(32)18(3)29-25(33)21(28)15-19-10-6-4-7-11-19/h4-13,17-18,21-23H,14-16,28H2,1-3H3,(H,29,33)(H,30,32)(H,31,34)(H,35,36). The summed E-state index contributed by atoms with van der Waals surface area (Å²) in [5.41, 5.74) is 7.69. The molecule has 0 aliphatic rings. The molecule has 2 aromatic carbocycles. The number of benzene rings is 2. The minimum atomic E-state index is -1.14. The molecule has 4 atom stereocenters. The first-order valence-corrected chi connectivity index (χ1v) is 12.0. The summed E-state index contributed by atoms with van der Waals surface area (Å²) in [4.78, 5) is 50.1. The fourth-order valence-corrected chi connectivity index (χ4v) is 3.67. The van der Waals surface area contributed by atoms with Crippen LogP contribution in [0.1, 0.15) is 38.3 Å². The van der Waals surface area contributed by atoms with Crippen LogP contribution in [0.25, 0.3) is 0 Å². The zero-order chi connectivity index (χ0) is 26.7. The van der Waals surface area contributed by atoms with Gasteiger partial charge in [-0.3, -0.25) is 14.4 Å². The number of carboxylic acids is 1. The summed E-state index contributed by atoms with van der Waals surface area (Å²) in [5, 5.41) is 17.3. The van der Waals surface area contributed by atoms with Gasteiger partial charge in [-0.05, 0) is 36.8 Å². The van der Waals surface area contributed by atoms with Gasteiger partial charge in [-0.1, -0.05) is 74.5 Å². The van der Waals surface area contributed by atoms with Gasteiger partial charge in [-0.2, -0.15) is 0 Å². The van der Waals surface area contributed by atoms with Crippen molar-refractivity contribution in [1.82, 2.24) is 16.0 Å². The molecule has 0 fully saturated rings. The van der Waals surface area contributed by atoms with E-state index in [1.165, 1.54) is 6.92 Å². The molecule has 4 unspecified atom stereocenters. The summed E-state index contributed by atoms with van der Waals surface area (Å²) < 4.78 is 0. The Labute approximate surface area is 211 Å². The number of rotatable bonds is 13. The van der Waals surface area contributed by atoms with Crippen molar-refractivity contribution < 1.29 is 24.3 Å². The Morgan fingerprint density at radius 2 is 1.22 bits per heavy atom. The van der Waals surface area contributed by atoms with Crippen molar-refractivity contribution in [1.29, 1.82) is 0 Å². The Balaban J connectivity index is 2.06. The monoisotopic (exact) mass is 496 g/mol. The van der Waals surface area contributed by atoms with Gasteiger partial charge in [0.15, 0.2) is 0 Å². The number of aliphatic carboxylic acids is 1. The Kier molecular flexibility index (Phi) is 11.1. The molecule has 0 aliphatic carbocycles. The maximum absolute atomic E-state index is 13.0. The van der Waals surface area contributed by atoms with Crippen molar-refractivity contribution in [3.05, 3.63) is 71.8 Å². The van der Waals surface area contributed by atoms with Crippen LogP contribution in [-0.4, -0.2) is 53.0 Å². The van der Waals surface area contributed by atoms with E-state index in [1.807, 2.05) is 74.5 Å². The van der Waals surface area contributed by atoms with Gasteiger partial charge in [0, 0.05) is 6.42 Å². The molecule has 3 amide bonds. The molecule has 0 aromatic heterocycles. The first-order valence-electron chi connectivity index (χ1n) is 12.0. The normalized spacial score (nSPS) is 14.2. The van der Waals surface area contributed by atoms with Crippen LogP contribution in [0.2, 0.25) is 0 Å². The smallest absolute Gasteiger partial charge is 0.326 e. The van der Waals surface area contributed by atoms with E-state index >= 15 is 0 Å². The third kappa shape index (κ3) is 9.50. The number of nitrogens with two attached hydrogens (primary N) is 1. The molecule has 0 spiro atoms. The zero-order valence-electron chi connectivity index (χ0n) is 20.9. The van der Waals surface area contributed by atoms with Crippen LogP contribution in [-0.2, 0) is 32.0 Å². The minimum absolute atomic E-state index is 0.0453. The first kappa shape index (κ1) is 28.5. The number of nitrogens with one attached hydrogen (secondary N) is 3. The highest BCUT2D eigenvalue weighted by Crippen LogP contribution is 2.08. The summed E-state index contributed by atoms with van der Waals surface area (Å²) in [7, 11) is 0. The van der Waals surface area contributed by atoms with Gasteiger partial charge >= 0.3 is 5.97 Å². The third-order valence-electron chi connectivity index (χ3n) is 5.62. The van der Waals surface area contributed by atoms with Crippen LogP contribution in [0.3, 0.4) is 0 Å². The average Bonchev–Trinajstić information content (AvgIpc) is 2.83. The highest BCUT2D eigenvalue weighted by Gasteiger charge is 2.29. The first-order chi connectivity index (χ1) is 17.1. The van der Waals surface area contributed by atoms with Gasteiger partial charge in [0.1, 0.15) is 18.1 Å². The Morgan fingerprint density at radius 3 is 1.72 bits per heavy atom. The van der Waals surface area contributed by atoms with E-state index < -0.39 is 47.9 Å². The molecular weight excluding hydrogens is 460 g/mol. The molecule has 36 heavy (non-hydrogen) atoms. The molecule has 9 heteroatoms. The van der Waals surface area contributed by atoms with Crippen molar-refractivity contribution in [3.8, 4) is 0 Å². The predicted molar refractivity (Wildman–Crippen MR) is 137 cm³/mol. The van der Waals surface area contributed by atoms with Gasteiger partial charge < -0.3 is 26.8 Å². The van der Waals surface area contributed by atoms with Crippen LogP contribution < -0.4 is 21.7 Å². The molecule has 0 radical (unpaired) electrons. The molecule has 6 N–H and O–H groups in total. The Hall–Kier alpha value is -3.72. The lowest BCUT2D eigenvalue weighted by atomic mass is 10.0. The van der Waals surface area contributed by atoms with Crippen molar-refractivity contribution in [2.75, 3.05) is 0 Å². The highest BCUT2D eigenvalue weighted by atomic mass is 16.4. The fourth-order valence-electron chi connectivity index (χ4n) is 3.67. The molecule has 2 aromatic rings. The van der Waals surface area contributed by atoms with Crippen molar-refractivity contribution in [3.63, 3.8) is 0 Å². The number of hydrogen-bond donors (Lipinski definition) is 5. The van der Waals surface area contributed by atoms with Gasteiger partial charge in [-0.15, -0.1) is 0 Å². The van der Waals surface area contributed by atoms with Gasteiger partial charge in [0.05, 0.1) is 6.04 Å². The molecule has 0 saturated carbocycles. The lowest BCUT2D eigenvalue weighted by molar-refractivity contribution is -0.142. The molecule has 0 aliphatic heterocycles. The summed E-state index contributed by atoms with van der Waals surface area (Å²) in [6, 6.07) is 14.4. The summed E-state index contributed by atoms with van der Waals surface area (Å²) >= 11 is 0. The number of carbonyl (C=O) groups excluding carboxylic acids is 3. The second-order valence-electron chi connectivity index (χ2n) is 9.31. The number of hydrogen-bond acceptors (Lipinski definition) is 5. The van der Waals surface area contributed by atoms with E-state index in [4.69, 9.17) is 5.73 Å². The largest absolute Gasteiger partial charge is 0.480 e. The molecular formula is C27H36N4O5. The highest BCUT2D eigenvalue weighted by molar-refractivity contribution is 5.94. The van der Waals surface area contributed by atoms with E-state index in [9.17, 15) is 24.3 Å². The van der Waals surface area contributed by atoms with Crippen LogP contribution in [0.15, 0.2) is 60.7 Å². The van der Waals surface area contributed by atoms with Crippen LogP contribution in [0, 0.1) is 5.92 Å². The fraction of sp³-hybridized carbons (Fsp3) is 0.407. The molecule has 2 rings (SSSR count). The molecule has 0 saturated heterocycles. The van der Waals surface area contributed by atoms with Crippen molar-refractivity contribution in [2.24, 2.45) is 11.7 Å². The van der Waals surface area contributed by atoms with E-state index in [0.717, 1.165) is 11.1 Å². The van der Waals surface area contributed by atoms with E-state index in [0.29, 0.717) is 6.42 Å². The molecule has 194 valence electrons.